The zero-order valence-electron chi connectivity index (χ0n) is 11.9. The number of benzene rings is 1. The summed E-state index contributed by atoms with van der Waals surface area (Å²) in [7, 11) is -3.10. The Morgan fingerprint density at radius 1 is 1.45 bits per heavy atom. The standard InChI is InChI=1S/C13H21FN2O3S/c1-4-5-19-13-7-12(11(15)6-10(13)14)16-9(2)8-20(3,17)18/h6-7,9,16H,4-5,8,15H2,1-3H3. The number of hydrogen-bond donors (Lipinski definition) is 2. The molecule has 1 unspecified atom stereocenters. The lowest BCUT2D eigenvalue weighted by atomic mass is 10.2. The highest BCUT2D eigenvalue weighted by Gasteiger charge is 2.14. The zero-order valence-corrected chi connectivity index (χ0v) is 12.8. The zero-order chi connectivity index (χ0) is 15.3. The van der Waals surface area contributed by atoms with Crippen molar-refractivity contribution in [2.45, 2.75) is 26.3 Å². The van der Waals surface area contributed by atoms with E-state index in [1.54, 1.807) is 6.92 Å². The maximum atomic E-state index is 13.6. The predicted molar refractivity (Wildman–Crippen MR) is 79.4 cm³/mol. The molecule has 1 rings (SSSR count). The Bertz CT molecular complexity index is 561. The molecule has 0 amide bonds. The van der Waals surface area contributed by atoms with Gasteiger partial charge in [-0.1, -0.05) is 6.92 Å². The number of ether oxygens (including phenoxy) is 1. The van der Waals surface area contributed by atoms with Crippen LogP contribution in [0, 0.1) is 5.82 Å². The Morgan fingerprint density at radius 2 is 2.10 bits per heavy atom. The minimum Gasteiger partial charge on any atom is -0.490 e. The first-order chi connectivity index (χ1) is 9.23. The summed E-state index contributed by atoms with van der Waals surface area (Å²) < 4.78 is 41.4. The van der Waals surface area contributed by atoms with Gasteiger partial charge in [-0.25, -0.2) is 12.8 Å². The highest BCUT2D eigenvalue weighted by atomic mass is 32.2. The Hall–Kier alpha value is -1.50. The van der Waals surface area contributed by atoms with E-state index in [4.69, 9.17) is 10.5 Å². The average Bonchev–Trinajstić information content (AvgIpc) is 2.28. The second-order valence-electron chi connectivity index (χ2n) is 4.86. The van der Waals surface area contributed by atoms with Crippen LogP contribution in [0.25, 0.3) is 0 Å². The third-order valence-electron chi connectivity index (χ3n) is 2.52. The number of rotatable bonds is 7. The molecule has 1 atom stereocenters. The van der Waals surface area contributed by atoms with E-state index in [2.05, 4.69) is 5.32 Å². The molecule has 0 aliphatic carbocycles. The van der Waals surface area contributed by atoms with E-state index in [0.29, 0.717) is 12.3 Å². The van der Waals surface area contributed by atoms with Crippen LogP contribution in [0.15, 0.2) is 12.1 Å². The summed E-state index contributed by atoms with van der Waals surface area (Å²) in [5.41, 5.74) is 6.40. The molecule has 5 nitrogen and oxygen atoms in total. The molecule has 114 valence electrons. The third kappa shape index (κ3) is 5.24. The lowest BCUT2D eigenvalue weighted by molar-refractivity contribution is 0.301. The number of nitrogens with two attached hydrogens (primary N) is 1. The molecule has 0 radical (unpaired) electrons. The van der Waals surface area contributed by atoms with Crippen molar-refractivity contribution in [3.05, 3.63) is 17.9 Å². The molecule has 0 bridgehead atoms. The molecule has 3 N–H and O–H groups in total. The normalized spacial score (nSPS) is 13.0. The van der Waals surface area contributed by atoms with Crippen molar-refractivity contribution in [3.63, 3.8) is 0 Å². The fourth-order valence-electron chi connectivity index (χ4n) is 1.78. The molecule has 0 aromatic heterocycles. The molecule has 0 aliphatic heterocycles. The van der Waals surface area contributed by atoms with Crippen LogP contribution in [0.1, 0.15) is 20.3 Å². The molecule has 0 heterocycles. The van der Waals surface area contributed by atoms with Gasteiger partial charge in [-0.2, -0.15) is 0 Å². The van der Waals surface area contributed by atoms with E-state index in [1.165, 1.54) is 12.1 Å². The van der Waals surface area contributed by atoms with Crippen LogP contribution in [0.3, 0.4) is 0 Å². The summed E-state index contributed by atoms with van der Waals surface area (Å²) in [6.07, 6.45) is 1.92. The molecular weight excluding hydrogens is 283 g/mol. The fraction of sp³-hybridized carbons (Fsp3) is 0.538. The monoisotopic (exact) mass is 304 g/mol. The van der Waals surface area contributed by atoms with Gasteiger partial charge in [-0.3, -0.25) is 0 Å². The first kappa shape index (κ1) is 16.6. The first-order valence-corrected chi connectivity index (χ1v) is 8.45. The van der Waals surface area contributed by atoms with Crippen LogP contribution in [0.4, 0.5) is 15.8 Å². The van der Waals surface area contributed by atoms with Crippen molar-refractivity contribution < 1.29 is 17.5 Å². The Morgan fingerprint density at radius 3 is 2.65 bits per heavy atom. The number of hydrogen-bond acceptors (Lipinski definition) is 5. The van der Waals surface area contributed by atoms with E-state index in [0.717, 1.165) is 12.7 Å². The molecule has 0 fully saturated rings. The Kier molecular flexibility index (Phi) is 5.62. The summed E-state index contributed by atoms with van der Waals surface area (Å²) in [5.74, 6) is -0.457. The fourth-order valence-corrected chi connectivity index (χ4v) is 2.77. The van der Waals surface area contributed by atoms with Crippen molar-refractivity contribution in [1.29, 1.82) is 0 Å². The second kappa shape index (κ2) is 6.78. The van der Waals surface area contributed by atoms with Gasteiger partial charge in [0.15, 0.2) is 11.6 Å². The molecule has 7 heteroatoms. The minimum absolute atomic E-state index is 0.0328. The molecule has 1 aromatic rings. The quantitative estimate of drug-likeness (QED) is 0.753. The molecular formula is C13H21FN2O3S. The average molecular weight is 304 g/mol. The van der Waals surface area contributed by atoms with Gasteiger partial charge < -0.3 is 15.8 Å². The minimum atomic E-state index is -3.10. The van der Waals surface area contributed by atoms with Gasteiger partial charge in [0.05, 0.1) is 23.7 Å². The number of nitrogen functional groups attached to an aromatic ring is 1. The van der Waals surface area contributed by atoms with Crippen LogP contribution in [-0.4, -0.2) is 33.1 Å². The summed E-state index contributed by atoms with van der Waals surface area (Å²) in [6, 6.07) is 2.29. The molecule has 0 saturated carbocycles. The van der Waals surface area contributed by atoms with E-state index in [1.807, 2.05) is 6.92 Å². The van der Waals surface area contributed by atoms with E-state index in [9.17, 15) is 12.8 Å². The SMILES string of the molecule is CCCOc1cc(NC(C)CS(C)(=O)=O)c(N)cc1F. The Labute approximate surface area is 119 Å². The summed E-state index contributed by atoms with van der Waals surface area (Å²) in [5, 5.41) is 2.96. The first-order valence-electron chi connectivity index (χ1n) is 6.39. The maximum Gasteiger partial charge on any atom is 0.167 e. The Balaban J connectivity index is 2.88. The van der Waals surface area contributed by atoms with Crippen molar-refractivity contribution >= 4 is 21.2 Å². The molecule has 20 heavy (non-hydrogen) atoms. The molecule has 0 aliphatic rings. The lowest BCUT2D eigenvalue weighted by Crippen LogP contribution is -2.25. The highest BCUT2D eigenvalue weighted by Crippen LogP contribution is 2.29. The van der Waals surface area contributed by atoms with Crippen LogP contribution in [0.5, 0.6) is 5.75 Å². The van der Waals surface area contributed by atoms with Crippen LogP contribution in [-0.2, 0) is 9.84 Å². The predicted octanol–water partition coefficient (Wildman–Crippen LogP) is 2.04. The molecule has 0 saturated heterocycles. The maximum absolute atomic E-state index is 13.6. The van der Waals surface area contributed by atoms with Gasteiger partial charge >= 0.3 is 0 Å². The second-order valence-corrected chi connectivity index (χ2v) is 7.04. The summed E-state index contributed by atoms with van der Waals surface area (Å²) >= 11 is 0. The number of anilines is 2. The van der Waals surface area contributed by atoms with Gasteiger partial charge in [-0.05, 0) is 13.3 Å². The van der Waals surface area contributed by atoms with Gasteiger partial charge in [0.25, 0.3) is 0 Å². The number of halogens is 1. The molecule has 0 spiro atoms. The van der Waals surface area contributed by atoms with Crippen LogP contribution in [0.2, 0.25) is 0 Å². The number of nitrogens with one attached hydrogen (secondary N) is 1. The van der Waals surface area contributed by atoms with E-state index < -0.39 is 15.7 Å². The number of sulfone groups is 1. The van der Waals surface area contributed by atoms with Crippen molar-refractivity contribution in [2.75, 3.05) is 29.7 Å². The smallest absolute Gasteiger partial charge is 0.167 e. The van der Waals surface area contributed by atoms with Gasteiger partial charge in [0, 0.05) is 24.4 Å². The van der Waals surface area contributed by atoms with Gasteiger partial charge in [-0.15, -0.1) is 0 Å². The largest absolute Gasteiger partial charge is 0.490 e. The third-order valence-corrected chi connectivity index (χ3v) is 3.63. The van der Waals surface area contributed by atoms with Gasteiger partial charge in [0.2, 0.25) is 0 Å². The summed E-state index contributed by atoms with van der Waals surface area (Å²) in [6.45, 7) is 4.04. The van der Waals surface area contributed by atoms with Crippen LogP contribution >= 0.6 is 0 Å². The topological polar surface area (TPSA) is 81.4 Å². The van der Waals surface area contributed by atoms with Crippen molar-refractivity contribution in [1.82, 2.24) is 0 Å². The lowest BCUT2D eigenvalue weighted by Gasteiger charge is -2.17. The van der Waals surface area contributed by atoms with E-state index in [-0.39, 0.29) is 23.2 Å². The summed E-state index contributed by atoms with van der Waals surface area (Å²) in [4.78, 5) is 0. The van der Waals surface area contributed by atoms with Gasteiger partial charge in [0.1, 0.15) is 9.84 Å². The van der Waals surface area contributed by atoms with Crippen molar-refractivity contribution in [3.8, 4) is 5.75 Å². The molecule has 1 aromatic carbocycles. The van der Waals surface area contributed by atoms with Crippen LogP contribution < -0.4 is 15.8 Å². The highest BCUT2D eigenvalue weighted by molar-refractivity contribution is 7.90. The van der Waals surface area contributed by atoms with Crippen molar-refractivity contribution in [2.24, 2.45) is 0 Å². The van der Waals surface area contributed by atoms with E-state index >= 15 is 0 Å².